The van der Waals surface area contributed by atoms with Crippen molar-refractivity contribution in [2.24, 2.45) is 0 Å². The molecule has 0 unspecified atom stereocenters. The summed E-state index contributed by atoms with van der Waals surface area (Å²) in [5, 5.41) is 3.53. The molecular formula is C16H22N2. The fraction of sp³-hybridized carbons (Fsp3) is 0.375. The Morgan fingerprint density at radius 1 is 1.11 bits per heavy atom. The Morgan fingerprint density at radius 2 is 1.89 bits per heavy atom. The Morgan fingerprint density at radius 3 is 2.56 bits per heavy atom. The number of benzene rings is 1. The highest BCUT2D eigenvalue weighted by Gasteiger charge is 2.10. The molecule has 0 fully saturated rings. The van der Waals surface area contributed by atoms with Crippen molar-refractivity contribution in [1.29, 1.82) is 0 Å². The SMILES string of the molecule is Cc1cccc(-n2cccc2CNC(C)(C)C)c1. The zero-order valence-corrected chi connectivity index (χ0v) is 11.7. The van der Waals surface area contributed by atoms with Crippen LogP contribution in [0, 0.1) is 6.92 Å². The first kappa shape index (κ1) is 12.9. The van der Waals surface area contributed by atoms with Gasteiger partial charge in [-0.15, -0.1) is 0 Å². The van der Waals surface area contributed by atoms with Crippen LogP contribution in [0.25, 0.3) is 5.69 Å². The van der Waals surface area contributed by atoms with E-state index in [4.69, 9.17) is 0 Å². The number of aryl methyl sites for hydroxylation is 1. The van der Waals surface area contributed by atoms with Gasteiger partial charge in [-0.3, -0.25) is 0 Å². The zero-order chi connectivity index (χ0) is 13.2. The molecule has 2 rings (SSSR count). The van der Waals surface area contributed by atoms with Gasteiger partial charge in [0.25, 0.3) is 0 Å². The van der Waals surface area contributed by atoms with E-state index in [1.165, 1.54) is 16.9 Å². The average molecular weight is 242 g/mol. The molecule has 1 aromatic heterocycles. The van der Waals surface area contributed by atoms with E-state index >= 15 is 0 Å². The van der Waals surface area contributed by atoms with Crippen molar-refractivity contribution in [1.82, 2.24) is 9.88 Å². The van der Waals surface area contributed by atoms with Crippen molar-refractivity contribution in [3.8, 4) is 5.69 Å². The quantitative estimate of drug-likeness (QED) is 0.869. The minimum Gasteiger partial charge on any atom is -0.320 e. The highest BCUT2D eigenvalue weighted by molar-refractivity contribution is 5.38. The topological polar surface area (TPSA) is 17.0 Å². The molecule has 18 heavy (non-hydrogen) atoms. The third-order valence-corrected chi connectivity index (χ3v) is 2.91. The molecule has 1 aromatic carbocycles. The lowest BCUT2D eigenvalue weighted by molar-refractivity contribution is 0.420. The molecule has 0 atom stereocenters. The second-order valence-electron chi connectivity index (χ2n) is 5.81. The molecule has 0 amide bonds. The van der Waals surface area contributed by atoms with Crippen molar-refractivity contribution in [3.05, 3.63) is 53.9 Å². The normalized spacial score (nSPS) is 11.8. The van der Waals surface area contributed by atoms with Crippen LogP contribution in [0.5, 0.6) is 0 Å². The van der Waals surface area contributed by atoms with Crippen molar-refractivity contribution in [3.63, 3.8) is 0 Å². The van der Waals surface area contributed by atoms with E-state index in [2.05, 4.69) is 80.2 Å². The lowest BCUT2D eigenvalue weighted by Gasteiger charge is -2.21. The molecule has 1 N–H and O–H groups in total. The number of nitrogens with one attached hydrogen (secondary N) is 1. The second-order valence-corrected chi connectivity index (χ2v) is 5.81. The van der Waals surface area contributed by atoms with Crippen molar-refractivity contribution >= 4 is 0 Å². The number of aromatic nitrogens is 1. The predicted octanol–water partition coefficient (Wildman–Crippen LogP) is 3.67. The standard InChI is InChI=1S/C16H22N2/c1-13-7-5-8-14(11-13)18-10-6-9-15(18)12-17-16(2,3)4/h5-11,17H,12H2,1-4H3. The van der Waals surface area contributed by atoms with Crippen LogP contribution in [-0.4, -0.2) is 10.1 Å². The fourth-order valence-corrected chi connectivity index (χ4v) is 1.95. The number of hydrogen-bond donors (Lipinski definition) is 1. The summed E-state index contributed by atoms with van der Waals surface area (Å²) in [6, 6.07) is 12.9. The fourth-order valence-electron chi connectivity index (χ4n) is 1.95. The smallest absolute Gasteiger partial charge is 0.0455 e. The number of rotatable bonds is 3. The zero-order valence-electron chi connectivity index (χ0n) is 11.7. The molecule has 0 aliphatic carbocycles. The van der Waals surface area contributed by atoms with E-state index < -0.39 is 0 Å². The molecule has 0 bridgehead atoms. The number of nitrogens with zero attached hydrogens (tertiary/aromatic N) is 1. The second kappa shape index (κ2) is 4.99. The van der Waals surface area contributed by atoms with E-state index in [1.807, 2.05) is 0 Å². The maximum atomic E-state index is 3.53. The molecule has 0 aliphatic rings. The number of hydrogen-bond acceptors (Lipinski definition) is 1. The summed E-state index contributed by atoms with van der Waals surface area (Å²) in [7, 11) is 0. The first-order chi connectivity index (χ1) is 8.46. The van der Waals surface area contributed by atoms with Crippen LogP contribution in [0.3, 0.4) is 0 Å². The third-order valence-electron chi connectivity index (χ3n) is 2.91. The summed E-state index contributed by atoms with van der Waals surface area (Å²) in [5.74, 6) is 0. The van der Waals surface area contributed by atoms with Crippen molar-refractivity contribution in [2.75, 3.05) is 0 Å². The molecule has 0 spiro atoms. The van der Waals surface area contributed by atoms with Crippen LogP contribution >= 0.6 is 0 Å². The monoisotopic (exact) mass is 242 g/mol. The van der Waals surface area contributed by atoms with E-state index in [1.54, 1.807) is 0 Å². The van der Waals surface area contributed by atoms with Gasteiger partial charge in [0.15, 0.2) is 0 Å². The highest BCUT2D eigenvalue weighted by Crippen LogP contribution is 2.15. The van der Waals surface area contributed by atoms with Crippen LogP contribution in [0.1, 0.15) is 32.0 Å². The summed E-state index contributed by atoms with van der Waals surface area (Å²) >= 11 is 0. The summed E-state index contributed by atoms with van der Waals surface area (Å²) < 4.78 is 2.24. The van der Waals surface area contributed by atoms with Crippen LogP contribution in [0.15, 0.2) is 42.6 Å². The Bertz CT molecular complexity index is 518. The van der Waals surface area contributed by atoms with E-state index in [0.717, 1.165) is 6.54 Å². The van der Waals surface area contributed by atoms with E-state index in [-0.39, 0.29) is 5.54 Å². The molecule has 0 aliphatic heterocycles. The largest absolute Gasteiger partial charge is 0.320 e. The van der Waals surface area contributed by atoms with Gasteiger partial charge in [-0.2, -0.15) is 0 Å². The molecule has 0 radical (unpaired) electrons. The van der Waals surface area contributed by atoms with Crippen molar-refractivity contribution < 1.29 is 0 Å². The lowest BCUT2D eigenvalue weighted by Crippen LogP contribution is -2.35. The Balaban J connectivity index is 2.23. The van der Waals surface area contributed by atoms with E-state index in [9.17, 15) is 0 Å². The van der Waals surface area contributed by atoms with Gasteiger partial charge in [0.05, 0.1) is 0 Å². The van der Waals surface area contributed by atoms with Gasteiger partial charge in [0.1, 0.15) is 0 Å². The van der Waals surface area contributed by atoms with Crippen LogP contribution in [0.4, 0.5) is 0 Å². The molecule has 2 aromatic rings. The Kier molecular flexibility index (Phi) is 3.58. The minimum atomic E-state index is 0.141. The van der Waals surface area contributed by atoms with Gasteiger partial charge in [-0.05, 0) is 57.5 Å². The molecule has 96 valence electrons. The predicted molar refractivity (Wildman–Crippen MR) is 77.1 cm³/mol. The maximum absolute atomic E-state index is 3.53. The van der Waals surface area contributed by atoms with Gasteiger partial charge in [0, 0.05) is 29.7 Å². The molecule has 2 nitrogen and oxygen atoms in total. The molecule has 1 heterocycles. The van der Waals surface area contributed by atoms with E-state index in [0.29, 0.717) is 0 Å². The first-order valence-electron chi connectivity index (χ1n) is 6.44. The Labute approximate surface area is 110 Å². The lowest BCUT2D eigenvalue weighted by atomic mass is 10.1. The van der Waals surface area contributed by atoms with Crippen LogP contribution in [0.2, 0.25) is 0 Å². The third kappa shape index (κ3) is 3.23. The Hall–Kier alpha value is -1.54. The minimum absolute atomic E-state index is 0.141. The summed E-state index contributed by atoms with van der Waals surface area (Å²) in [5.41, 5.74) is 3.94. The molecule has 0 saturated carbocycles. The van der Waals surface area contributed by atoms with Gasteiger partial charge in [0.2, 0.25) is 0 Å². The first-order valence-corrected chi connectivity index (χ1v) is 6.44. The summed E-state index contributed by atoms with van der Waals surface area (Å²) in [6.07, 6.45) is 2.12. The maximum Gasteiger partial charge on any atom is 0.0455 e. The van der Waals surface area contributed by atoms with Crippen LogP contribution < -0.4 is 5.32 Å². The van der Waals surface area contributed by atoms with Gasteiger partial charge in [-0.25, -0.2) is 0 Å². The molecule has 0 saturated heterocycles. The van der Waals surface area contributed by atoms with Gasteiger partial charge < -0.3 is 9.88 Å². The molecular weight excluding hydrogens is 220 g/mol. The van der Waals surface area contributed by atoms with Gasteiger partial charge >= 0.3 is 0 Å². The average Bonchev–Trinajstić information content (AvgIpc) is 2.73. The van der Waals surface area contributed by atoms with Gasteiger partial charge in [-0.1, -0.05) is 12.1 Å². The summed E-state index contributed by atoms with van der Waals surface area (Å²) in [6.45, 7) is 9.57. The summed E-state index contributed by atoms with van der Waals surface area (Å²) in [4.78, 5) is 0. The molecule has 2 heteroatoms. The van der Waals surface area contributed by atoms with Crippen LogP contribution in [-0.2, 0) is 6.54 Å². The van der Waals surface area contributed by atoms with Crippen molar-refractivity contribution in [2.45, 2.75) is 39.8 Å². The highest BCUT2D eigenvalue weighted by atomic mass is 15.0.